The van der Waals surface area contributed by atoms with Crippen molar-refractivity contribution >= 4 is 17.7 Å². The lowest BCUT2D eigenvalue weighted by Crippen LogP contribution is -2.52. The molecule has 1 aromatic rings. The van der Waals surface area contributed by atoms with Crippen molar-refractivity contribution in [2.24, 2.45) is 0 Å². The lowest BCUT2D eigenvalue weighted by Gasteiger charge is -2.36. The zero-order valence-electron chi connectivity index (χ0n) is 12.5. The average Bonchev–Trinajstić information content (AvgIpc) is 2.57. The first-order valence-corrected chi connectivity index (χ1v) is 8.83. The Morgan fingerprint density at radius 2 is 1.95 bits per heavy atom. The SMILES string of the molecule is O=C(C1CN(Cc2ccc(F)cc2)CCO1)N1CCSCC1. The van der Waals surface area contributed by atoms with Crippen molar-refractivity contribution in [1.82, 2.24) is 9.80 Å². The molecule has 2 saturated heterocycles. The van der Waals surface area contributed by atoms with Gasteiger partial charge in [-0.2, -0.15) is 11.8 Å². The zero-order valence-corrected chi connectivity index (χ0v) is 13.4. The van der Waals surface area contributed by atoms with E-state index in [1.54, 1.807) is 12.1 Å². The number of benzene rings is 1. The number of nitrogens with zero attached hydrogens (tertiary/aromatic N) is 2. The van der Waals surface area contributed by atoms with Gasteiger partial charge in [-0.1, -0.05) is 12.1 Å². The van der Waals surface area contributed by atoms with Crippen LogP contribution in [0.5, 0.6) is 0 Å². The van der Waals surface area contributed by atoms with Crippen molar-refractivity contribution in [3.05, 3.63) is 35.6 Å². The van der Waals surface area contributed by atoms with Gasteiger partial charge < -0.3 is 9.64 Å². The molecule has 0 N–H and O–H groups in total. The predicted molar refractivity (Wildman–Crippen MR) is 85.3 cm³/mol. The van der Waals surface area contributed by atoms with E-state index in [1.807, 2.05) is 16.7 Å². The van der Waals surface area contributed by atoms with Gasteiger partial charge in [0, 0.05) is 44.2 Å². The van der Waals surface area contributed by atoms with Crippen molar-refractivity contribution in [3.8, 4) is 0 Å². The van der Waals surface area contributed by atoms with Crippen LogP contribution >= 0.6 is 11.8 Å². The molecule has 0 spiro atoms. The first-order chi connectivity index (χ1) is 10.7. The largest absolute Gasteiger partial charge is 0.366 e. The molecule has 0 saturated carbocycles. The normalized spacial score (nSPS) is 23.5. The Bertz CT molecular complexity index is 505. The van der Waals surface area contributed by atoms with Gasteiger partial charge in [-0.15, -0.1) is 0 Å². The second-order valence-corrected chi connectivity index (χ2v) is 6.88. The van der Waals surface area contributed by atoms with Crippen LogP contribution in [0.1, 0.15) is 5.56 Å². The third-order valence-electron chi connectivity index (χ3n) is 4.07. The Hall–Kier alpha value is -1.11. The molecule has 3 rings (SSSR count). The van der Waals surface area contributed by atoms with Gasteiger partial charge in [0.05, 0.1) is 6.61 Å². The Morgan fingerprint density at radius 3 is 2.68 bits per heavy atom. The van der Waals surface area contributed by atoms with Crippen LogP contribution in [0.15, 0.2) is 24.3 Å². The molecule has 22 heavy (non-hydrogen) atoms. The van der Waals surface area contributed by atoms with Crippen LogP contribution in [0.3, 0.4) is 0 Å². The number of halogens is 1. The van der Waals surface area contributed by atoms with E-state index >= 15 is 0 Å². The summed E-state index contributed by atoms with van der Waals surface area (Å²) < 4.78 is 18.6. The molecule has 1 atom stereocenters. The first kappa shape index (κ1) is 15.8. The molecule has 6 heteroatoms. The number of thioether (sulfide) groups is 1. The van der Waals surface area contributed by atoms with Gasteiger partial charge in [-0.05, 0) is 17.7 Å². The average molecular weight is 324 g/mol. The van der Waals surface area contributed by atoms with Gasteiger partial charge in [0.1, 0.15) is 11.9 Å². The molecule has 2 heterocycles. The van der Waals surface area contributed by atoms with Crippen molar-refractivity contribution < 1.29 is 13.9 Å². The van der Waals surface area contributed by atoms with Gasteiger partial charge in [0.2, 0.25) is 0 Å². The summed E-state index contributed by atoms with van der Waals surface area (Å²) in [5.41, 5.74) is 1.06. The highest BCUT2D eigenvalue weighted by Crippen LogP contribution is 2.16. The lowest BCUT2D eigenvalue weighted by atomic mass is 10.1. The second kappa shape index (κ2) is 7.44. The van der Waals surface area contributed by atoms with Crippen molar-refractivity contribution in [3.63, 3.8) is 0 Å². The topological polar surface area (TPSA) is 32.8 Å². The molecule has 2 aliphatic heterocycles. The van der Waals surface area contributed by atoms with E-state index in [9.17, 15) is 9.18 Å². The summed E-state index contributed by atoms with van der Waals surface area (Å²) in [6.07, 6.45) is -0.364. The van der Waals surface area contributed by atoms with E-state index in [1.165, 1.54) is 12.1 Å². The van der Waals surface area contributed by atoms with Gasteiger partial charge in [0.25, 0.3) is 5.91 Å². The predicted octanol–water partition coefficient (Wildman–Crippen LogP) is 1.60. The molecule has 0 aliphatic carbocycles. The third kappa shape index (κ3) is 4.00. The highest BCUT2D eigenvalue weighted by Gasteiger charge is 2.30. The Kier molecular flexibility index (Phi) is 5.33. The lowest BCUT2D eigenvalue weighted by molar-refractivity contribution is -0.149. The first-order valence-electron chi connectivity index (χ1n) is 7.67. The fraction of sp³-hybridized carbons (Fsp3) is 0.562. The Balaban J connectivity index is 1.56. The molecule has 0 aromatic heterocycles. The standard InChI is InChI=1S/C16H21FN2O2S/c17-14-3-1-13(2-4-14)11-18-5-8-21-15(12-18)16(20)19-6-9-22-10-7-19/h1-4,15H,5-12H2. The molecule has 120 valence electrons. The van der Waals surface area contributed by atoms with Crippen LogP contribution in [0.4, 0.5) is 4.39 Å². The maximum Gasteiger partial charge on any atom is 0.253 e. The summed E-state index contributed by atoms with van der Waals surface area (Å²) in [6, 6.07) is 6.54. The van der Waals surface area contributed by atoms with Crippen LogP contribution in [0.25, 0.3) is 0 Å². The number of carbonyl (C=O) groups excluding carboxylic acids is 1. The summed E-state index contributed by atoms with van der Waals surface area (Å²) in [5, 5.41) is 0. The highest BCUT2D eigenvalue weighted by atomic mass is 32.2. The summed E-state index contributed by atoms with van der Waals surface area (Å²) in [5.74, 6) is 1.92. The smallest absolute Gasteiger partial charge is 0.253 e. The van der Waals surface area contributed by atoms with E-state index in [0.717, 1.165) is 43.2 Å². The summed E-state index contributed by atoms with van der Waals surface area (Å²) in [7, 11) is 0. The number of amides is 1. The quantitative estimate of drug-likeness (QED) is 0.846. The molecule has 0 bridgehead atoms. The Morgan fingerprint density at radius 1 is 1.23 bits per heavy atom. The molecule has 4 nitrogen and oxygen atoms in total. The molecule has 0 radical (unpaired) electrons. The number of morpholine rings is 1. The maximum atomic E-state index is 13.0. The van der Waals surface area contributed by atoms with Crippen LogP contribution in [-0.4, -0.2) is 66.1 Å². The van der Waals surface area contributed by atoms with E-state index < -0.39 is 0 Å². The number of rotatable bonds is 3. The molecular formula is C16H21FN2O2S. The molecule has 2 fully saturated rings. The summed E-state index contributed by atoms with van der Waals surface area (Å²) in [4.78, 5) is 16.6. The van der Waals surface area contributed by atoms with Gasteiger partial charge in [0.15, 0.2) is 0 Å². The summed E-state index contributed by atoms with van der Waals surface area (Å²) in [6.45, 7) is 4.35. The Labute approximate surface area is 134 Å². The van der Waals surface area contributed by atoms with Crippen LogP contribution < -0.4 is 0 Å². The van der Waals surface area contributed by atoms with Crippen LogP contribution in [0, 0.1) is 5.82 Å². The molecule has 2 aliphatic rings. The number of carbonyl (C=O) groups is 1. The van der Waals surface area contributed by atoms with Gasteiger partial charge in [-0.3, -0.25) is 9.69 Å². The van der Waals surface area contributed by atoms with E-state index in [4.69, 9.17) is 4.74 Å². The van der Waals surface area contributed by atoms with Crippen molar-refractivity contribution in [2.45, 2.75) is 12.6 Å². The van der Waals surface area contributed by atoms with Crippen molar-refractivity contribution in [1.29, 1.82) is 0 Å². The fourth-order valence-electron chi connectivity index (χ4n) is 2.83. The van der Waals surface area contributed by atoms with Crippen LogP contribution in [0.2, 0.25) is 0 Å². The highest BCUT2D eigenvalue weighted by molar-refractivity contribution is 7.99. The summed E-state index contributed by atoms with van der Waals surface area (Å²) >= 11 is 1.89. The van der Waals surface area contributed by atoms with E-state index in [-0.39, 0.29) is 17.8 Å². The fourth-order valence-corrected chi connectivity index (χ4v) is 3.73. The molecule has 1 unspecified atom stereocenters. The molecule has 1 amide bonds. The minimum absolute atomic E-state index is 0.115. The monoisotopic (exact) mass is 324 g/mol. The molecule has 1 aromatic carbocycles. The minimum Gasteiger partial charge on any atom is -0.366 e. The minimum atomic E-state index is -0.364. The van der Waals surface area contributed by atoms with Crippen molar-refractivity contribution in [2.75, 3.05) is 44.3 Å². The number of ether oxygens (including phenoxy) is 1. The van der Waals surface area contributed by atoms with E-state index in [2.05, 4.69) is 4.90 Å². The van der Waals surface area contributed by atoms with Gasteiger partial charge >= 0.3 is 0 Å². The van der Waals surface area contributed by atoms with Crippen LogP contribution in [-0.2, 0) is 16.1 Å². The maximum absolute atomic E-state index is 13.0. The molecular weight excluding hydrogens is 303 g/mol. The zero-order chi connectivity index (χ0) is 15.4. The third-order valence-corrected chi connectivity index (χ3v) is 5.01. The van der Waals surface area contributed by atoms with E-state index in [0.29, 0.717) is 13.2 Å². The number of hydrogen-bond acceptors (Lipinski definition) is 4. The number of hydrogen-bond donors (Lipinski definition) is 0. The van der Waals surface area contributed by atoms with Gasteiger partial charge in [-0.25, -0.2) is 4.39 Å². The second-order valence-electron chi connectivity index (χ2n) is 5.66.